The lowest BCUT2D eigenvalue weighted by Gasteiger charge is -2.60. The molecule has 140 heavy (non-hydrogen) atoms. The molecule has 0 amide bonds. The molecule has 19 atom stereocenters. The van der Waals surface area contributed by atoms with Crippen LogP contribution in [0.25, 0.3) is 0 Å². The van der Waals surface area contributed by atoms with Gasteiger partial charge < -0.3 is 66.7 Å². The van der Waals surface area contributed by atoms with Gasteiger partial charge >= 0.3 is 41.8 Å². The van der Waals surface area contributed by atoms with Crippen LogP contribution in [0.1, 0.15) is 365 Å². The molecule has 778 valence electrons. The van der Waals surface area contributed by atoms with E-state index in [-0.39, 0.29) is 160 Å². The highest BCUT2D eigenvalue weighted by molar-refractivity contribution is 5.90. The highest BCUT2D eigenvalue weighted by Gasteiger charge is 2.74. The smallest absolute Gasteiger partial charge is 0.312 e. The second-order valence-corrected chi connectivity index (χ2v) is 54.0. The Balaban J connectivity index is 0.0000000939. The molecule has 5 saturated heterocycles. The molecule has 38 rings (SSSR count). The third kappa shape index (κ3) is 16.0. The summed E-state index contributed by atoms with van der Waals surface area (Å²) in [5, 5.41) is 10.9. The normalized spacial score (nSPS) is 53.5. The molecule has 38 aliphatic rings. The summed E-state index contributed by atoms with van der Waals surface area (Å²) >= 11 is 0. The first-order chi connectivity index (χ1) is 67.6. The van der Waals surface area contributed by atoms with Gasteiger partial charge in [0.15, 0.2) is 17.4 Å². The van der Waals surface area contributed by atoms with Crippen molar-refractivity contribution in [2.45, 2.75) is 429 Å². The maximum atomic E-state index is 13.4. The van der Waals surface area contributed by atoms with Crippen LogP contribution in [0.15, 0.2) is 0 Å². The van der Waals surface area contributed by atoms with Gasteiger partial charge in [-0.3, -0.25) is 38.4 Å². The quantitative estimate of drug-likeness (QED) is 0.118. The van der Waals surface area contributed by atoms with Crippen LogP contribution in [0.5, 0.6) is 0 Å². The number of aliphatic hydroxyl groups is 1. The fourth-order valence-corrected chi connectivity index (χ4v) is 43.0. The van der Waals surface area contributed by atoms with E-state index < -0.39 is 22.2 Å². The minimum Gasteiger partial charge on any atom is -0.462 e. The number of Topliss-reactive ketones (excluding diaryl/α,β-unsaturated/α-hetero) is 1. The molecular weight excluding hydrogens is 1770 g/mol. The molecule has 33 aliphatic carbocycles. The zero-order chi connectivity index (χ0) is 96.6. The predicted molar refractivity (Wildman–Crippen MR) is 516 cm³/mol. The molecule has 32 bridgehead atoms. The van der Waals surface area contributed by atoms with Crippen LogP contribution in [-0.2, 0) is 99.9 Å². The van der Waals surface area contributed by atoms with Gasteiger partial charge in [-0.25, -0.2) is 0 Å². The van der Waals surface area contributed by atoms with Crippen LogP contribution in [0.3, 0.4) is 0 Å². The van der Waals surface area contributed by atoms with Gasteiger partial charge in [0.25, 0.3) is 0 Å². The van der Waals surface area contributed by atoms with Crippen LogP contribution in [0, 0.1) is 217 Å². The van der Waals surface area contributed by atoms with Gasteiger partial charge in [0, 0.05) is 59.2 Å². The number of ketones is 1. The fourth-order valence-electron chi connectivity index (χ4n) is 43.0. The van der Waals surface area contributed by atoms with E-state index >= 15 is 0 Å². The predicted octanol–water partition coefficient (Wildman–Crippen LogP) is 21.0. The Morgan fingerprint density at radius 1 is 0.343 bits per heavy atom. The first-order valence-electron chi connectivity index (χ1n) is 59.2. The molecule has 0 radical (unpaired) electrons. The lowest BCUT2D eigenvalue weighted by Crippen LogP contribution is -2.60. The van der Waals surface area contributed by atoms with E-state index in [2.05, 4.69) is 27.7 Å². The Labute approximate surface area is 834 Å². The van der Waals surface area contributed by atoms with Gasteiger partial charge in [0.1, 0.15) is 67.3 Å². The lowest BCUT2D eigenvalue weighted by atomic mass is 9.48. The van der Waals surface area contributed by atoms with Crippen molar-refractivity contribution in [1.82, 2.24) is 0 Å². The van der Waals surface area contributed by atoms with E-state index in [0.29, 0.717) is 129 Å². The number of hydrogen-bond donors (Lipinski definition) is 1. The van der Waals surface area contributed by atoms with Crippen molar-refractivity contribution in [3.63, 3.8) is 0 Å². The molecule has 22 heteroatoms. The van der Waals surface area contributed by atoms with Gasteiger partial charge in [-0.05, 0) is 407 Å². The van der Waals surface area contributed by atoms with E-state index in [1.165, 1.54) is 161 Å². The monoisotopic (exact) mass is 1940 g/mol. The van der Waals surface area contributed by atoms with Crippen molar-refractivity contribution in [3.8, 4) is 0 Å². The first-order valence-corrected chi connectivity index (χ1v) is 59.2. The second kappa shape index (κ2) is 36.8. The van der Waals surface area contributed by atoms with Crippen molar-refractivity contribution in [1.29, 1.82) is 0 Å². The second-order valence-electron chi connectivity index (χ2n) is 54.0. The van der Waals surface area contributed by atoms with Crippen LogP contribution >= 0.6 is 0 Å². The SMILES string of the molecule is CC.CC.CC.CCC1(OC(=O)C2C3CC4C(OC(=O)C42)C3C)C2CC3CC(C2)CC1C3.CCC1(OC(=O)C2C3CC4C(OC(=O)C42)C3C)CCCCC1.O=C(OCC1COC2(O1)C1CC3CC(C1)CC2C3)C12CC3CC(CC(C3)C1)C2.O=C(OCC1COC2(O1)C1CC3CC(C1)CC2C3)C12CC3CC(CC(O)(C3)C1)C2.O=C1C2CC3CC1CC(C(=O)OCC1COC4(O1)C1CC5CC(C1)CC4C5)(C3)C2. The highest BCUT2D eigenvalue weighted by Crippen LogP contribution is 2.71. The number of carbonyl (C=O) groups excluding carboxylic acids is 8. The van der Waals surface area contributed by atoms with Gasteiger partial charge in [0.2, 0.25) is 0 Å². The Hall–Kier alpha value is -4.32. The van der Waals surface area contributed by atoms with E-state index in [0.717, 1.165) is 194 Å². The minimum atomic E-state index is -0.624. The maximum absolute atomic E-state index is 13.4. The van der Waals surface area contributed by atoms with Gasteiger partial charge in [-0.1, -0.05) is 75.7 Å². The summed E-state index contributed by atoms with van der Waals surface area (Å²) < 4.78 is 80.3. The Bertz CT molecular complexity index is 4470. The molecular formula is C118H174O22. The molecule has 0 aromatic heterocycles. The third-order valence-corrected chi connectivity index (χ3v) is 46.5. The maximum Gasteiger partial charge on any atom is 0.312 e. The Morgan fingerprint density at radius 3 is 1.01 bits per heavy atom. The summed E-state index contributed by atoms with van der Waals surface area (Å²) in [6.07, 6.45) is 51.9. The number of rotatable bonds is 15. The molecule has 5 heterocycles. The number of carbonyl (C=O) groups is 8. The molecule has 19 unspecified atom stereocenters. The largest absolute Gasteiger partial charge is 0.462 e. The zero-order valence-electron chi connectivity index (χ0n) is 86.8. The van der Waals surface area contributed by atoms with Crippen LogP contribution in [0.2, 0.25) is 0 Å². The lowest BCUT2D eigenvalue weighted by molar-refractivity contribution is -0.295. The van der Waals surface area contributed by atoms with Crippen molar-refractivity contribution in [2.24, 2.45) is 217 Å². The van der Waals surface area contributed by atoms with E-state index in [9.17, 15) is 43.5 Å². The summed E-state index contributed by atoms with van der Waals surface area (Å²) in [6.45, 7) is 23.3. The summed E-state index contributed by atoms with van der Waals surface area (Å²) in [6, 6.07) is 0. The number of fused-ring (bicyclic) bond motifs is 2. The van der Waals surface area contributed by atoms with Crippen LogP contribution in [0.4, 0.5) is 0 Å². The minimum absolute atomic E-state index is 0.0568. The molecule has 0 aromatic carbocycles. The number of ether oxygens (including phenoxy) is 13. The summed E-state index contributed by atoms with van der Waals surface area (Å²) in [4.78, 5) is 103. The first kappa shape index (κ1) is 97.7. The Morgan fingerprint density at radius 2 is 0.657 bits per heavy atom. The van der Waals surface area contributed by atoms with Crippen LogP contribution in [-0.4, -0.2) is 157 Å². The van der Waals surface area contributed by atoms with Crippen molar-refractivity contribution >= 4 is 47.6 Å². The van der Waals surface area contributed by atoms with E-state index in [1.807, 2.05) is 41.5 Å². The average Bonchev–Trinajstić information content (AvgIpc) is 1.68. The summed E-state index contributed by atoms with van der Waals surface area (Å²) in [7, 11) is 0. The molecule has 0 aromatic rings. The van der Waals surface area contributed by atoms with Gasteiger partial charge in [-0.2, -0.15) is 0 Å². The van der Waals surface area contributed by atoms with Gasteiger partial charge in [-0.15, -0.1) is 0 Å². The molecule has 3 spiro atoms. The molecule has 22 nitrogen and oxygen atoms in total. The number of hydrogen-bond acceptors (Lipinski definition) is 22. The van der Waals surface area contributed by atoms with Gasteiger partial charge in [0.05, 0.1) is 65.3 Å². The standard InChI is InChI=1S/C24H34O5.C24H32O5.C24H34O4.C22H30O4.C18H26O4.3C2H6/c25-21(22-7-16-2-17(8-22)10-23(26,9-16)13-22)27-11-20-12-28-24(29-20)18-3-14-1-15(5-18)6-19(24)4-14;25-21-16-2-15-3-17(21)10-23(8-15,9-16)22(26)27-11-20-12-28-24(29-20)18-4-13-1-14(6-18)7-19(24)5-13;25-22(23-9-16-2-17(10-23)4-18(3-16)11-23)26-12-21-13-27-24(28-21)19-5-14-1-15(7-19)8-20(24)6-14;1-3-22(13-5-11-4-12(7-13)8-14(22)6-11)26-21(24)17-15-9-16-18(17)20(23)25-19(16)10(15)2;1-3-18(7-5-4-6-8-18)22-17(20)13-11-9-12-14(13)16(19)21-15(12)10(11)2;3*1-2/h14-20,26H,1-13H2;13-20H,1-12H2;14-21H,1-13H2;10-19H,3-9H2,1-2H3;10-15H,3-9H2,1-2H3;3*1-2H3. The molecule has 33 saturated carbocycles. The molecule has 1 N–H and O–H groups in total. The van der Waals surface area contributed by atoms with Crippen molar-refractivity contribution in [3.05, 3.63) is 0 Å². The van der Waals surface area contributed by atoms with Crippen molar-refractivity contribution in [2.75, 3.05) is 39.6 Å². The third-order valence-electron chi connectivity index (χ3n) is 46.5. The average molecular weight is 1940 g/mol. The summed E-state index contributed by atoms with van der Waals surface area (Å²) in [5.41, 5.74) is -2.16. The zero-order valence-corrected chi connectivity index (χ0v) is 86.8. The fraction of sp³-hybridized carbons (Fsp3) is 0.932. The number of esters is 7. The molecule has 5 aliphatic heterocycles. The molecule has 38 fully saturated rings. The topological polar surface area (TPSA) is 277 Å². The highest BCUT2D eigenvalue weighted by atomic mass is 16.8. The van der Waals surface area contributed by atoms with Crippen LogP contribution < -0.4 is 0 Å². The summed E-state index contributed by atoms with van der Waals surface area (Å²) in [5.74, 6) is 15.0. The van der Waals surface area contributed by atoms with Crippen molar-refractivity contribution < 1.29 is 105 Å². The van der Waals surface area contributed by atoms with E-state index in [4.69, 9.17) is 61.6 Å². The van der Waals surface area contributed by atoms with E-state index in [1.54, 1.807) is 0 Å². The Kier molecular flexibility index (Phi) is 25.7.